The Labute approximate surface area is 70.4 Å². The van der Waals surface area contributed by atoms with Crippen LogP contribution in [0.25, 0.3) is 0 Å². The van der Waals surface area contributed by atoms with E-state index in [1.165, 1.54) is 0 Å². The molecule has 12 heavy (non-hydrogen) atoms. The van der Waals surface area contributed by atoms with Crippen LogP contribution in [0, 0.1) is 0 Å². The third-order valence-corrected chi connectivity index (χ3v) is 2.04. The molecule has 1 aliphatic heterocycles. The third-order valence-electron chi connectivity index (χ3n) is 2.04. The van der Waals surface area contributed by atoms with Crippen LogP contribution in [0.3, 0.4) is 0 Å². The van der Waals surface area contributed by atoms with E-state index in [1.54, 1.807) is 0 Å². The first-order chi connectivity index (χ1) is 5.81. The molecule has 2 heterocycles. The molecule has 4 heteroatoms. The zero-order valence-electron chi connectivity index (χ0n) is 6.98. The van der Waals surface area contributed by atoms with Crippen LogP contribution >= 0.6 is 0 Å². The molecule has 0 aromatic carbocycles. The van der Waals surface area contributed by atoms with Gasteiger partial charge in [0.15, 0.2) is 0 Å². The molecule has 4 nitrogen and oxygen atoms in total. The van der Waals surface area contributed by atoms with Gasteiger partial charge >= 0.3 is 0 Å². The van der Waals surface area contributed by atoms with Gasteiger partial charge in [-0.2, -0.15) is 0 Å². The normalized spacial score (nSPS) is 15.6. The molecule has 1 aromatic heterocycles. The Morgan fingerprint density at radius 1 is 1.58 bits per heavy atom. The molecule has 0 unspecified atom stereocenters. The number of hydrogen-bond donors (Lipinski definition) is 2. The van der Waals surface area contributed by atoms with Crippen molar-refractivity contribution in [3.8, 4) is 0 Å². The van der Waals surface area contributed by atoms with E-state index in [1.807, 2.05) is 6.92 Å². The number of carbonyl (C=O) groups excluding carboxylic acids is 1. The van der Waals surface area contributed by atoms with Gasteiger partial charge in [-0.25, -0.2) is 4.98 Å². The molecular formula is C8H11N3O. The van der Waals surface area contributed by atoms with Gasteiger partial charge in [0, 0.05) is 19.4 Å². The number of rotatable bonds is 1. The highest BCUT2D eigenvalue weighted by Gasteiger charge is 2.20. The van der Waals surface area contributed by atoms with Crippen molar-refractivity contribution in [3.05, 3.63) is 17.2 Å². The second-order valence-electron chi connectivity index (χ2n) is 2.86. The summed E-state index contributed by atoms with van der Waals surface area (Å²) in [4.78, 5) is 18.5. The third kappa shape index (κ3) is 0.995. The van der Waals surface area contributed by atoms with Crippen molar-refractivity contribution in [1.82, 2.24) is 15.3 Å². The number of aryl methyl sites for hydroxylation is 1. The van der Waals surface area contributed by atoms with Gasteiger partial charge in [0.05, 0.1) is 5.69 Å². The molecule has 1 aliphatic rings. The van der Waals surface area contributed by atoms with Crippen LogP contribution in [0.15, 0.2) is 0 Å². The zero-order valence-corrected chi connectivity index (χ0v) is 6.98. The van der Waals surface area contributed by atoms with Crippen molar-refractivity contribution in [2.24, 2.45) is 0 Å². The monoisotopic (exact) mass is 165 g/mol. The molecule has 0 saturated carbocycles. The Morgan fingerprint density at radius 3 is 3.08 bits per heavy atom. The first-order valence-corrected chi connectivity index (χ1v) is 4.17. The molecule has 0 aliphatic carbocycles. The molecule has 1 aromatic rings. The summed E-state index contributed by atoms with van der Waals surface area (Å²) in [6.45, 7) is 2.72. The van der Waals surface area contributed by atoms with E-state index >= 15 is 0 Å². The topological polar surface area (TPSA) is 57.8 Å². The van der Waals surface area contributed by atoms with Crippen molar-refractivity contribution >= 4 is 5.91 Å². The lowest BCUT2D eigenvalue weighted by Crippen LogP contribution is -2.31. The van der Waals surface area contributed by atoms with E-state index in [0.29, 0.717) is 12.2 Å². The zero-order chi connectivity index (χ0) is 8.55. The SMILES string of the molecule is CCc1nc2c([nH]1)C(=O)NCC2. The van der Waals surface area contributed by atoms with E-state index in [0.717, 1.165) is 24.4 Å². The number of imidazole rings is 1. The fourth-order valence-corrected chi connectivity index (χ4v) is 1.38. The summed E-state index contributed by atoms with van der Waals surface area (Å²) >= 11 is 0. The number of nitrogens with zero attached hydrogens (tertiary/aromatic N) is 1. The lowest BCUT2D eigenvalue weighted by atomic mass is 10.2. The minimum absolute atomic E-state index is 0.0246. The van der Waals surface area contributed by atoms with Gasteiger partial charge in [-0.1, -0.05) is 6.92 Å². The van der Waals surface area contributed by atoms with Gasteiger partial charge in [0.25, 0.3) is 5.91 Å². The predicted octanol–water partition coefficient (Wildman–Crippen LogP) is 0.258. The van der Waals surface area contributed by atoms with E-state index in [-0.39, 0.29) is 5.91 Å². The molecule has 2 rings (SSSR count). The van der Waals surface area contributed by atoms with Gasteiger partial charge < -0.3 is 10.3 Å². The minimum atomic E-state index is -0.0246. The molecule has 1 amide bonds. The number of amides is 1. The van der Waals surface area contributed by atoms with Crippen LogP contribution in [0.5, 0.6) is 0 Å². The van der Waals surface area contributed by atoms with E-state index < -0.39 is 0 Å². The standard InChI is InChI=1S/C8H11N3O/c1-2-6-10-5-3-4-9-8(12)7(5)11-6/h2-4H2,1H3,(H,9,12)(H,10,11). The van der Waals surface area contributed by atoms with E-state index in [2.05, 4.69) is 15.3 Å². The van der Waals surface area contributed by atoms with Gasteiger partial charge in [0.1, 0.15) is 11.5 Å². The van der Waals surface area contributed by atoms with Crippen LogP contribution in [0.4, 0.5) is 0 Å². The number of fused-ring (bicyclic) bond motifs is 1. The molecule has 0 atom stereocenters. The van der Waals surface area contributed by atoms with Crippen molar-refractivity contribution in [2.45, 2.75) is 19.8 Å². The summed E-state index contributed by atoms with van der Waals surface area (Å²) in [6.07, 6.45) is 1.69. The van der Waals surface area contributed by atoms with E-state index in [4.69, 9.17) is 0 Å². The first kappa shape index (κ1) is 7.34. The van der Waals surface area contributed by atoms with Gasteiger partial charge in [0.2, 0.25) is 0 Å². The lowest BCUT2D eigenvalue weighted by molar-refractivity contribution is 0.0941. The molecular weight excluding hydrogens is 154 g/mol. The summed E-state index contributed by atoms with van der Waals surface area (Å²) in [5.74, 6) is 0.875. The van der Waals surface area contributed by atoms with Crippen LogP contribution in [-0.2, 0) is 12.8 Å². The van der Waals surface area contributed by atoms with Gasteiger partial charge in [-0.15, -0.1) is 0 Å². The number of aromatic nitrogens is 2. The smallest absolute Gasteiger partial charge is 0.269 e. The maximum Gasteiger partial charge on any atom is 0.269 e. The highest BCUT2D eigenvalue weighted by molar-refractivity contribution is 5.94. The fourth-order valence-electron chi connectivity index (χ4n) is 1.38. The largest absolute Gasteiger partial charge is 0.350 e. The second-order valence-corrected chi connectivity index (χ2v) is 2.86. The highest BCUT2D eigenvalue weighted by atomic mass is 16.1. The summed E-state index contributed by atoms with van der Waals surface area (Å²) in [6, 6.07) is 0. The average molecular weight is 165 g/mol. The number of aromatic amines is 1. The molecule has 0 radical (unpaired) electrons. The maximum absolute atomic E-state index is 11.2. The molecule has 0 spiro atoms. The van der Waals surface area contributed by atoms with Crippen LogP contribution in [0.1, 0.15) is 28.9 Å². The summed E-state index contributed by atoms with van der Waals surface area (Å²) in [5, 5.41) is 2.77. The Balaban J connectivity index is 2.43. The number of hydrogen-bond acceptors (Lipinski definition) is 2. The quantitative estimate of drug-likeness (QED) is 0.627. The van der Waals surface area contributed by atoms with Crippen LogP contribution < -0.4 is 5.32 Å². The van der Waals surface area contributed by atoms with Crippen molar-refractivity contribution in [3.63, 3.8) is 0 Å². The van der Waals surface area contributed by atoms with Gasteiger partial charge in [-0.3, -0.25) is 4.79 Å². The molecule has 0 fully saturated rings. The predicted molar refractivity (Wildman–Crippen MR) is 44.0 cm³/mol. The van der Waals surface area contributed by atoms with Crippen molar-refractivity contribution < 1.29 is 4.79 Å². The summed E-state index contributed by atoms with van der Waals surface area (Å²) < 4.78 is 0. The lowest BCUT2D eigenvalue weighted by Gasteiger charge is -2.09. The average Bonchev–Trinajstić information content (AvgIpc) is 2.49. The van der Waals surface area contributed by atoms with E-state index in [9.17, 15) is 4.79 Å². The van der Waals surface area contributed by atoms with Crippen molar-refractivity contribution in [2.75, 3.05) is 6.54 Å². The molecule has 64 valence electrons. The Morgan fingerprint density at radius 2 is 2.42 bits per heavy atom. The highest BCUT2D eigenvalue weighted by Crippen LogP contribution is 2.10. The number of carbonyl (C=O) groups is 1. The second kappa shape index (κ2) is 2.62. The fraction of sp³-hybridized carbons (Fsp3) is 0.500. The molecule has 0 saturated heterocycles. The van der Waals surface area contributed by atoms with Crippen LogP contribution in [0.2, 0.25) is 0 Å². The molecule has 2 N–H and O–H groups in total. The van der Waals surface area contributed by atoms with Gasteiger partial charge in [-0.05, 0) is 0 Å². The van der Waals surface area contributed by atoms with Crippen LogP contribution in [-0.4, -0.2) is 22.4 Å². The Kier molecular flexibility index (Phi) is 1.60. The minimum Gasteiger partial charge on any atom is -0.350 e. The molecule has 0 bridgehead atoms. The number of nitrogens with one attached hydrogen (secondary N) is 2. The summed E-state index contributed by atoms with van der Waals surface area (Å²) in [7, 11) is 0. The first-order valence-electron chi connectivity index (χ1n) is 4.17. The van der Waals surface area contributed by atoms with Crippen molar-refractivity contribution in [1.29, 1.82) is 0 Å². The maximum atomic E-state index is 11.2. The Hall–Kier alpha value is -1.32. The number of H-pyrrole nitrogens is 1. The summed E-state index contributed by atoms with van der Waals surface area (Å²) in [5.41, 5.74) is 1.56. The Bertz CT molecular complexity index is 316.